The van der Waals surface area contributed by atoms with Gasteiger partial charge in [-0.15, -0.1) is 11.3 Å². The predicted octanol–water partition coefficient (Wildman–Crippen LogP) is 1.82. The number of nitrogens with zero attached hydrogens (tertiary/aromatic N) is 3. The fraction of sp³-hybridized carbons (Fsp3) is 0.250. The fourth-order valence-electron chi connectivity index (χ4n) is 1.29. The molecule has 0 aliphatic heterocycles. The molecule has 0 spiro atoms. The van der Waals surface area contributed by atoms with Crippen LogP contribution in [0.2, 0.25) is 0 Å². The van der Waals surface area contributed by atoms with Gasteiger partial charge in [-0.3, -0.25) is 4.40 Å². The first-order valence-electron chi connectivity index (χ1n) is 3.85. The van der Waals surface area contributed by atoms with E-state index in [1.54, 1.807) is 11.3 Å². The van der Waals surface area contributed by atoms with Crippen molar-refractivity contribution in [3.05, 3.63) is 22.5 Å². The van der Waals surface area contributed by atoms with Crippen LogP contribution in [-0.2, 0) is 0 Å². The summed E-state index contributed by atoms with van der Waals surface area (Å²) in [7, 11) is 0. The molecular weight excluding hydrogens is 186 g/mol. The van der Waals surface area contributed by atoms with Crippen LogP contribution in [0, 0.1) is 13.8 Å². The van der Waals surface area contributed by atoms with E-state index >= 15 is 0 Å². The summed E-state index contributed by atoms with van der Waals surface area (Å²) in [6, 6.07) is 0. The summed E-state index contributed by atoms with van der Waals surface area (Å²) >= 11 is 1.62. The van der Waals surface area contributed by atoms with E-state index < -0.39 is 0 Å². The van der Waals surface area contributed by atoms with E-state index in [0.29, 0.717) is 0 Å². The molecule has 1 N–H and O–H groups in total. The van der Waals surface area contributed by atoms with Crippen molar-refractivity contribution >= 4 is 22.5 Å². The molecule has 2 rings (SSSR count). The summed E-state index contributed by atoms with van der Waals surface area (Å²) < 4.78 is 1.93. The lowest BCUT2D eigenvalue weighted by Gasteiger charge is -1.89. The minimum absolute atomic E-state index is 0.835. The number of fused-ring (bicyclic) bond motifs is 1. The SMILES string of the molecule is Cc1cn2c(C=NO)c(C)nc2s1. The zero-order valence-electron chi connectivity index (χ0n) is 7.35. The molecule has 0 radical (unpaired) electrons. The molecule has 13 heavy (non-hydrogen) atoms. The van der Waals surface area contributed by atoms with E-state index in [1.165, 1.54) is 11.1 Å². The number of oxime groups is 1. The second kappa shape index (κ2) is 2.85. The minimum atomic E-state index is 0.835. The summed E-state index contributed by atoms with van der Waals surface area (Å²) in [5.74, 6) is 0. The number of hydrogen-bond donors (Lipinski definition) is 1. The molecule has 2 aromatic heterocycles. The minimum Gasteiger partial charge on any atom is -0.411 e. The Morgan fingerprint density at radius 3 is 3.08 bits per heavy atom. The average molecular weight is 195 g/mol. The van der Waals surface area contributed by atoms with Crippen LogP contribution in [-0.4, -0.2) is 20.8 Å². The van der Waals surface area contributed by atoms with Gasteiger partial charge in [0, 0.05) is 11.1 Å². The van der Waals surface area contributed by atoms with Crippen LogP contribution < -0.4 is 0 Å². The maximum atomic E-state index is 8.46. The Bertz CT molecular complexity index is 469. The van der Waals surface area contributed by atoms with E-state index in [0.717, 1.165) is 16.3 Å². The van der Waals surface area contributed by atoms with E-state index in [4.69, 9.17) is 5.21 Å². The van der Waals surface area contributed by atoms with Crippen molar-refractivity contribution in [2.45, 2.75) is 13.8 Å². The highest BCUT2D eigenvalue weighted by molar-refractivity contribution is 7.17. The van der Waals surface area contributed by atoms with Crippen molar-refractivity contribution in [1.82, 2.24) is 9.38 Å². The lowest BCUT2D eigenvalue weighted by molar-refractivity contribution is 0.321. The molecule has 0 atom stereocenters. The topological polar surface area (TPSA) is 49.9 Å². The van der Waals surface area contributed by atoms with Gasteiger partial charge < -0.3 is 5.21 Å². The van der Waals surface area contributed by atoms with Crippen LogP contribution in [0.5, 0.6) is 0 Å². The predicted molar refractivity (Wildman–Crippen MR) is 51.9 cm³/mol. The number of aryl methyl sites for hydroxylation is 2. The first-order chi connectivity index (χ1) is 6.22. The third kappa shape index (κ3) is 1.21. The lowest BCUT2D eigenvalue weighted by atomic mass is 10.4. The quantitative estimate of drug-likeness (QED) is 0.428. The van der Waals surface area contributed by atoms with Gasteiger partial charge in [-0.2, -0.15) is 0 Å². The van der Waals surface area contributed by atoms with Crippen molar-refractivity contribution in [3.63, 3.8) is 0 Å². The second-order valence-electron chi connectivity index (χ2n) is 2.82. The Kier molecular flexibility index (Phi) is 1.81. The summed E-state index contributed by atoms with van der Waals surface area (Å²) in [5.41, 5.74) is 1.71. The Hall–Kier alpha value is -1.36. The molecular formula is C8H9N3OS. The normalized spacial score (nSPS) is 11.8. The van der Waals surface area contributed by atoms with Crippen LogP contribution in [0.3, 0.4) is 0 Å². The number of rotatable bonds is 1. The highest BCUT2D eigenvalue weighted by Crippen LogP contribution is 2.19. The zero-order valence-corrected chi connectivity index (χ0v) is 8.17. The standard InChI is InChI=1S/C8H9N3OS/c1-5-4-11-7(3-9-12)6(2)10-8(11)13-5/h3-4,12H,1-2H3. The molecule has 2 heterocycles. The van der Waals surface area contributed by atoms with Crippen molar-refractivity contribution in [3.8, 4) is 0 Å². The average Bonchev–Trinajstić information content (AvgIpc) is 2.52. The van der Waals surface area contributed by atoms with Gasteiger partial charge in [0.25, 0.3) is 0 Å². The van der Waals surface area contributed by atoms with E-state index in [-0.39, 0.29) is 0 Å². The van der Waals surface area contributed by atoms with Crippen LogP contribution in [0.4, 0.5) is 0 Å². The molecule has 68 valence electrons. The van der Waals surface area contributed by atoms with Crippen molar-refractivity contribution in [2.24, 2.45) is 5.16 Å². The first-order valence-corrected chi connectivity index (χ1v) is 4.66. The van der Waals surface area contributed by atoms with Crippen LogP contribution >= 0.6 is 11.3 Å². The number of hydrogen-bond acceptors (Lipinski definition) is 4. The Balaban J connectivity index is 2.75. The summed E-state index contributed by atoms with van der Waals surface area (Å²) in [6.45, 7) is 3.92. The smallest absolute Gasteiger partial charge is 0.194 e. The lowest BCUT2D eigenvalue weighted by Crippen LogP contribution is -1.89. The van der Waals surface area contributed by atoms with Crippen LogP contribution in [0.25, 0.3) is 4.96 Å². The molecule has 0 fully saturated rings. The fourth-order valence-corrected chi connectivity index (χ4v) is 2.17. The molecule has 2 aromatic rings. The Labute approximate surface area is 79.1 Å². The van der Waals surface area contributed by atoms with Gasteiger partial charge in [-0.1, -0.05) is 5.16 Å². The number of aromatic nitrogens is 2. The highest BCUT2D eigenvalue weighted by atomic mass is 32.1. The van der Waals surface area contributed by atoms with Gasteiger partial charge in [0.05, 0.1) is 17.6 Å². The van der Waals surface area contributed by atoms with Gasteiger partial charge >= 0.3 is 0 Å². The molecule has 0 aliphatic rings. The summed E-state index contributed by atoms with van der Waals surface area (Å²) in [6.07, 6.45) is 3.39. The maximum absolute atomic E-state index is 8.46. The van der Waals surface area contributed by atoms with Gasteiger partial charge in [-0.05, 0) is 13.8 Å². The molecule has 0 aromatic carbocycles. The third-order valence-corrected chi connectivity index (χ3v) is 2.74. The molecule has 0 saturated heterocycles. The van der Waals surface area contributed by atoms with Crippen LogP contribution in [0.15, 0.2) is 11.4 Å². The molecule has 0 bridgehead atoms. The van der Waals surface area contributed by atoms with Gasteiger partial charge in [-0.25, -0.2) is 4.98 Å². The van der Waals surface area contributed by atoms with E-state index in [1.807, 2.05) is 24.4 Å². The van der Waals surface area contributed by atoms with Crippen molar-refractivity contribution in [2.75, 3.05) is 0 Å². The highest BCUT2D eigenvalue weighted by Gasteiger charge is 2.08. The molecule has 0 unspecified atom stereocenters. The molecule has 4 nitrogen and oxygen atoms in total. The van der Waals surface area contributed by atoms with Gasteiger partial charge in [0.2, 0.25) is 0 Å². The summed E-state index contributed by atoms with van der Waals surface area (Å²) in [5, 5.41) is 11.5. The third-order valence-electron chi connectivity index (χ3n) is 1.84. The second-order valence-corrected chi connectivity index (χ2v) is 4.03. The number of thiazole rings is 1. The zero-order chi connectivity index (χ0) is 9.42. The van der Waals surface area contributed by atoms with Gasteiger partial charge in [0.15, 0.2) is 4.96 Å². The van der Waals surface area contributed by atoms with Crippen molar-refractivity contribution < 1.29 is 5.21 Å². The summed E-state index contributed by atoms with van der Waals surface area (Å²) in [4.78, 5) is 6.46. The maximum Gasteiger partial charge on any atom is 0.194 e. The Morgan fingerprint density at radius 2 is 2.38 bits per heavy atom. The Morgan fingerprint density at radius 1 is 1.62 bits per heavy atom. The molecule has 0 aliphatic carbocycles. The van der Waals surface area contributed by atoms with E-state index in [2.05, 4.69) is 10.1 Å². The molecule has 0 saturated carbocycles. The monoisotopic (exact) mass is 195 g/mol. The number of imidazole rings is 1. The molecule has 0 amide bonds. The van der Waals surface area contributed by atoms with Crippen LogP contribution in [0.1, 0.15) is 16.3 Å². The first kappa shape index (κ1) is 8.25. The molecule has 5 heteroatoms. The largest absolute Gasteiger partial charge is 0.411 e. The van der Waals surface area contributed by atoms with Gasteiger partial charge in [0.1, 0.15) is 0 Å². The van der Waals surface area contributed by atoms with E-state index in [9.17, 15) is 0 Å². The van der Waals surface area contributed by atoms with Crippen molar-refractivity contribution in [1.29, 1.82) is 0 Å².